The number of likely N-dealkylation sites (N-methyl/N-ethyl adjacent to an activating group) is 1. The Balaban J connectivity index is 1.78. The van der Waals surface area contributed by atoms with Gasteiger partial charge in [0.25, 0.3) is 0 Å². The van der Waals surface area contributed by atoms with Crippen LogP contribution in [0.3, 0.4) is 0 Å². The molecule has 0 radical (unpaired) electrons. The first-order valence-corrected chi connectivity index (χ1v) is 7.03. The van der Waals surface area contributed by atoms with E-state index in [1.54, 1.807) is 4.68 Å². The van der Waals surface area contributed by atoms with Crippen LogP contribution in [-0.4, -0.2) is 34.2 Å². The molecule has 1 heterocycles. The minimum absolute atomic E-state index is 0.0305. The number of carbonyl (C=O) groups excluding carboxylic acids is 1. The van der Waals surface area contributed by atoms with Gasteiger partial charge in [0.1, 0.15) is 0 Å². The van der Waals surface area contributed by atoms with Crippen molar-refractivity contribution in [2.45, 2.75) is 20.0 Å². The van der Waals surface area contributed by atoms with Crippen LogP contribution in [0.2, 0.25) is 0 Å². The minimum Gasteiger partial charge on any atom is -0.351 e. The number of aryl methyl sites for hydroxylation is 2. The van der Waals surface area contributed by atoms with Crippen LogP contribution < -0.4 is 5.32 Å². The van der Waals surface area contributed by atoms with Gasteiger partial charge < -0.3 is 5.32 Å². The van der Waals surface area contributed by atoms with Gasteiger partial charge in [-0.3, -0.25) is 14.4 Å². The highest BCUT2D eigenvalue weighted by atomic mass is 16.2. The summed E-state index contributed by atoms with van der Waals surface area (Å²) in [5.74, 6) is 0.0305. The van der Waals surface area contributed by atoms with Crippen molar-refractivity contribution < 1.29 is 4.79 Å². The van der Waals surface area contributed by atoms with E-state index in [0.29, 0.717) is 13.1 Å². The lowest BCUT2D eigenvalue weighted by molar-refractivity contribution is -0.122. The summed E-state index contributed by atoms with van der Waals surface area (Å²) in [6.45, 7) is 3.65. The molecule has 5 heteroatoms. The number of hydrogen-bond donors (Lipinski definition) is 1. The molecule has 2 aromatic rings. The summed E-state index contributed by atoms with van der Waals surface area (Å²) in [4.78, 5) is 13.9. The van der Waals surface area contributed by atoms with Gasteiger partial charge in [-0.25, -0.2) is 0 Å². The summed E-state index contributed by atoms with van der Waals surface area (Å²) in [5, 5.41) is 7.24. The summed E-state index contributed by atoms with van der Waals surface area (Å²) in [5.41, 5.74) is 3.27. The molecule has 0 bridgehead atoms. The van der Waals surface area contributed by atoms with E-state index in [-0.39, 0.29) is 5.91 Å². The molecule has 0 fully saturated rings. The number of rotatable bonds is 6. The van der Waals surface area contributed by atoms with Gasteiger partial charge in [-0.05, 0) is 19.5 Å². The first kappa shape index (κ1) is 15.3. The van der Waals surface area contributed by atoms with Crippen molar-refractivity contribution in [3.05, 3.63) is 53.3 Å². The lowest BCUT2D eigenvalue weighted by atomic mass is 10.2. The van der Waals surface area contributed by atoms with Crippen LogP contribution in [0.5, 0.6) is 0 Å². The normalized spacial score (nSPS) is 10.9. The summed E-state index contributed by atoms with van der Waals surface area (Å²) in [6, 6.07) is 9.92. The van der Waals surface area contributed by atoms with Crippen LogP contribution in [0.4, 0.5) is 0 Å². The maximum atomic E-state index is 11.9. The van der Waals surface area contributed by atoms with Crippen LogP contribution in [0.25, 0.3) is 0 Å². The smallest absolute Gasteiger partial charge is 0.234 e. The van der Waals surface area contributed by atoms with Crippen LogP contribution in [-0.2, 0) is 24.9 Å². The maximum Gasteiger partial charge on any atom is 0.234 e. The average molecular weight is 286 g/mol. The molecule has 0 atom stereocenters. The Hall–Kier alpha value is -2.14. The molecule has 1 aromatic heterocycles. The SMILES string of the molecule is Cc1nn(C)cc1CN(C)CC(=O)NCc1ccccc1. The fourth-order valence-electron chi connectivity index (χ4n) is 2.25. The Morgan fingerprint density at radius 2 is 2.05 bits per heavy atom. The van der Waals surface area contributed by atoms with Gasteiger partial charge in [-0.15, -0.1) is 0 Å². The van der Waals surface area contributed by atoms with Crippen molar-refractivity contribution in [2.75, 3.05) is 13.6 Å². The molecule has 0 aliphatic carbocycles. The lowest BCUT2D eigenvalue weighted by Crippen LogP contribution is -2.34. The number of nitrogens with one attached hydrogen (secondary N) is 1. The third-order valence-electron chi connectivity index (χ3n) is 3.30. The van der Waals surface area contributed by atoms with Crippen LogP contribution >= 0.6 is 0 Å². The zero-order chi connectivity index (χ0) is 15.2. The maximum absolute atomic E-state index is 11.9. The minimum atomic E-state index is 0.0305. The van der Waals surface area contributed by atoms with E-state index in [9.17, 15) is 4.79 Å². The van der Waals surface area contributed by atoms with Crippen molar-refractivity contribution in [1.29, 1.82) is 0 Å². The molecular weight excluding hydrogens is 264 g/mol. The molecular formula is C16H22N4O. The van der Waals surface area contributed by atoms with Crippen molar-refractivity contribution in [1.82, 2.24) is 20.0 Å². The van der Waals surface area contributed by atoms with Crippen LogP contribution in [0.15, 0.2) is 36.5 Å². The Labute approximate surface area is 125 Å². The van der Waals surface area contributed by atoms with Gasteiger partial charge in [-0.1, -0.05) is 30.3 Å². The van der Waals surface area contributed by atoms with Gasteiger partial charge in [0.2, 0.25) is 5.91 Å². The van der Waals surface area contributed by atoms with Crippen LogP contribution in [0, 0.1) is 6.92 Å². The predicted molar refractivity (Wildman–Crippen MR) is 82.6 cm³/mol. The molecule has 2 rings (SSSR count). The number of hydrogen-bond acceptors (Lipinski definition) is 3. The standard InChI is InChI=1S/C16H22N4O/c1-13-15(11-20(3)18-13)10-19(2)12-16(21)17-9-14-7-5-4-6-8-14/h4-8,11H,9-10,12H2,1-3H3,(H,17,21). The Kier molecular flexibility index (Phi) is 5.11. The second-order valence-electron chi connectivity index (χ2n) is 5.35. The van der Waals surface area contributed by atoms with Gasteiger partial charge in [0.15, 0.2) is 0 Å². The fraction of sp³-hybridized carbons (Fsp3) is 0.375. The van der Waals surface area contributed by atoms with E-state index in [4.69, 9.17) is 0 Å². The molecule has 21 heavy (non-hydrogen) atoms. The van der Waals surface area contributed by atoms with Crippen molar-refractivity contribution in [3.8, 4) is 0 Å². The predicted octanol–water partition coefficient (Wildman–Crippen LogP) is 1.48. The molecule has 0 saturated heterocycles. The number of amides is 1. The lowest BCUT2D eigenvalue weighted by Gasteiger charge is -2.15. The summed E-state index contributed by atoms with van der Waals surface area (Å²) in [7, 11) is 3.84. The van der Waals surface area contributed by atoms with E-state index >= 15 is 0 Å². The van der Waals surface area contributed by atoms with Gasteiger partial charge >= 0.3 is 0 Å². The van der Waals surface area contributed by atoms with Crippen molar-refractivity contribution in [2.24, 2.45) is 7.05 Å². The summed E-state index contributed by atoms with van der Waals surface area (Å²) in [6.07, 6.45) is 1.99. The molecule has 1 aromatic carbocycles. The summed E-state index contributed by atoms with van der Waals surface area (Å²) < 4.78 is 1.80. The van der Waals surface area contributed by atoms with E-state index in [1.807, 2.05) is 62.4 Å². The number of benzene rings is 1. The highest BCUT2D eigenvalue weighted by Gasteiger charge is 2.10. The summed E-state index contributed by atoms with van der Waals surface area (Å²) >= 11 is 0. The highest BCUT2D eigenvalue weighted by molar-refractivity contribution is 5.77. The van der Waals surface area contributed by atoms with Gasteiger partial charge in [0.05, 0.1) is 12.2 Å². The molecule has 0 unspecified atom stereocenters. The van der Waals surface area contributed by atoms with E-state index in [1.165, 1.54) is 0 Å². The average Bonchev–Trinajstić information content (AvgIpc) is 2.75. The molecule has 112 valence electrons. The topological polar surface area (TPSA) is 50.2 Å². The largest absolute Gasteiger partial charge is 0.351 e. The monoisotopic (exact) mass is 286 g/mol. The van der Waals surface area contributed by atoms with Crippen molar-refractivity contribution in [3.63, 3.8) is 0 Å². The fourth-order valence-corrected chi connectivity index (χ4v) is 2.25. The first-order valence-electron chi connectivity index (χ1n) is 7.03. The number of aromatic nitrogens is 2. The second kappa shape index (κ2) is 7.04. The molecule has 0 aliphatic heterocycles. The molecule has 1 amide bonds. The van der Waals surface area contributed by atoms with Crippen molar-refractivity contribution >= 4 is 5.91 Å². The van der Waals surface area contributed by atoms with E-state index < -0.39 is 0 Å². The quantitative estimate of drug-likeness (QED) is 0.875. The Morgan fingerprint density at radius 1 is 1.33 bits per heavy atom. The Morgan fingerprint density at radius 3 is 2.67 bits per heavy atom. The van der Waals surface area contributed by atoms with Gasteiger partial charge in [-0.2, -0.15) is 5.10 Å². The number of carbonyl (C=O) groups is 1. The van der Waals surface area contributed by atoms with E-state index in [0.717, 1.165) is 23.4 Å². The highest BCUT2D eigenvalue weighted by Crippen LogP contribution is 2.07. The second-order valence-corrected chi connectivity index (χ2v) is 5.35. The molecule has 0 saturated carbocycles. The van der Waals surface area contributed by atoms with Gasteiger partial charge in [0, 0.05) is 31.9 Å². The molecule has 0 spiro atoms. The van der Waals surface area contributed by atoms with Crippen LogP contribution in [0.1, 0.15) is 16.8 Å². The zero-order valence-corrected chi connectivity index (χ0v) is 12.8. The molecule has 1 N–H and O–H groups in total. The third kappa shape index (κ3) is 4.72. The Bertz CT molecular complexity index is 592. The zero-order valence-electron chi connectivity index (χ0n) is 12.8. The molecule has 5 nitrogen and oxygen atoms in total. The number of nitrogens with zero attached hydrogens (tertiary/aromatic N) is 3. The first-order chi connectivity index (χ1) is 10.0. The third-order valence-corrected chi connectivity index (χ3v) is 3.30. The molecule has 0 aliphatic rings. The van der Waals surface area contributed by atoms with E-state index in [2.05, 4.69) is 10.4 Å².